The topological polar surface area (TPSA) is 85.2 Å². The van der Waals surface area contributed by atoms with E-state index in [1.54, 1.807) is 30.3 Å². The van der Waals surface area contributed by atoms with Gasteiger partial charge in [0.2, 0.25) is 0 Å². The van der Waals surface area contributed by atoms with E-state index < -0.39 is 0 Å². The predicted octanol–water partition coefficient (Wildman–Crippen LogP) is 2.80. The second kappa shape index (κ2) is 7.97. The number of nitrogens with one attached hydrogen (secondary N) is 2. The molecule has 0 aliphatic heterocycles. The zero-order chi connectivity index (χ0) is 16.7. The number of anilines is 2. The maximum absolute atomic E-state index is 12.2. The molecule has 0 saturated carbocycles. The molecule has 1 atom stereocenters. The van der Waals surface area contributed by atoms with Crippen molar-refractivity contribution in [3.05, 3.63) is 59.7 Å². The van der Waals surface area contributed by atoms with Gasteiger partial charge in [0.1, 0.15) is 0 Å². The van der Waals surface area contributed by atoms with E-state index in [1.807, 2.05) is 25.1 Å². The minimum Gasteiger partial charge on any atom is -0.396 e. The van der Waals surface area contributed by atoms with Gasteiger partial charge in [-0.15, -0.1) is 0 Å². The first-order valence-electron chi connectivity index (χ1n) is 7.41. The number of aliphatic hydroxyl groups excluding tert-OH is 1. The van der Waals surface area contributed by atoms with Crippen LogP contribution in [0.15, 0.2) is 48.5 Å². The number of nitriles is 1. The third-order valence-corrected chi connectivity index (χ3v) is 3.37. The largest absolute Gasteiger partial charge is 0.396 e. The first kappa shape index (κ1) is 16.5. The Kier molecular flexibility index (Phi) is 5.73. The molecule has 23 heavy (non-hydrogen) atoms. The van der Waals surface area contributed by atoms with Crippen molar-refractivity contribution in [3.8, 4) is 6.07 Å². The molecule has 1 unspecified atom stereocenters. The number of hydrogen-bond donors (Lipinski definition) is 3. The lowest BCUT2D eigenvalue weighted by Gasteiger charge is -2.13. The Morgan fingerprint density at radius 2 is 1.96 bits per heavy atom. The fourth-order valence-electron chi connectivity index (χ4n) is 2.11. The molecule has 5 nitrogen and oxygen atoms in total. The molecule has 2 aromatic rings. The van der Waals surface area contributed by atoms with Gasteiger partial charge in [0.25, 0.3) is 5.91 Å². The molecule has 2 rings (SSSR count). The van der Waals surface area contributed by atoms with Gasteiger partial charge in [0.05, 0.1) is 11.6 Å². The molecule has 2 aromatic carbocycles. The molecule has 1 amide bonds. The van der Waals surface area contributed by atoms with Crippen LogP contribution >= 0.6 is 0 Å². The molecule has 118 valence electrons. The Morgan fingerprint density at radius 3 is 2.61 bits per heavy atom. The van der Waals surface area contributed by atoms with Crippen molar-refractivity contribution >= 4 is 17.3 Å². The van der Waals surface area contributed by atoms with Gasteiger partial charge in [-0.3, -0.25) is 4.79 Å². The molecular formula is C18H19N3O2. The van der Waals surface area contributed by atoms with E-state index in [9.17, 15) is 4.79 Å². The Labute approximate surface area is 135 Å². The van der Waals surface area contributed by atoms with Gasteiger partial charge in [-0.25, -0.2) is 0 Å². The summed E-state index contributed by atoms with van der Waals surface area (Å²) in [5.41, 5.74) is 2.78. The molecule has 0 bridgehead atoms. The van der Waals surface area contributed by atoms with Crippen LogP contribution in [0.5, 0.6) is 0 Å². The Balaban J connectivity index is 2.07. The van der Waals surface area contributed by atoms with Crippen molar-refractivity contribution in [3.63, 3.8) is 0 Å². The quantitative estimate of drug-likeness (QED) is 0.766. The summed E-state index contributed by atoms with van der Waals surface area (Å²) in [4.78, 5) is 12.2. The first-order valence-corrected chi connectivity index (χ1v) is 7.41. The Bertz CT molecular complexity index is 705. The number of benzene rings is 2. The van der Waals surface area contributed by atoms with Crippen molar-refractivity contribution in [1.29, 1.82) is 5.26 Å². The summed E-state index contributed by atoms with van der Waals surface area (Å²) < 4.78 is 0. The molecular weight excluding hydrogens is 290 g/mol. The highest BCUT2D eigenvalue weighted by molar-refractivity contribution is 5.95. The molecule has 0 aromatic heterocycles. The number of aliphatic hydroxyl groups is 1. The maximum atomic E-state index is 12.2. The smallest absolute Gasteiger partial charge is 0.251 e. The summed E-state index contributed by atoms with van der Waals surface area (Å²) in [5.74, 6) is -0.172. The van der Waals surface area contributed by atoms with Gasteiger partial charge in [0.15, 0.2) is 0 Å². The first-order chi connectivity index (χ1) is 11.1. The van der Waals surface area contributed by atoms with Crippen LogP contribution in [0.1, 0.15) is 29.3 Å². The SMILES string of the molecule is CC(CCO)NC(=O)c1cccc(Nc2ccc(C#N)cc2)c1. The van der Waals surface area contributed by atoms with Gasteiger partial charge >= 0.3 is 0 Å². The number of nitrogens with zero attached hydrogens (tertiary/aromatic N) is 1. The van der Waals surface area contributed by atoms with Crippen LogP contribution in [0, 0.1) is 11.3 Å². The molecule has 0 aliphatic carbocycles. The summed E-state index contributed by atoms with van der Waals surface area (Å²) in [5, 5.41) is 23.7. The third kappa shape index (κ3) is 4.83. The monoisotopic (exact) mass is 309 g/mol. The van der Waals surface area contributed by atoms with Crippen molar-refractivity contribution in [2.24, 2.45) is 0 Å². The fraction of sp³-hybridized carbons (Fsp3) is 0.222. The predicted molar refractivity (Wildman–Crippen MR) is 89.5 cm³/mol. The van der Waals surface area contributed by atoms with E-state index in [0.29, 0.717) is 17.5 Å². The molecule has 0 heterocycles. The maximum Gasteiger partial charge on any atom is 0.251 e. The lowest BCUT2D eigenvalue weighted by Crippen LogP contribution is -2.33. The summed E-state index contributed by atoms with van der Waals surface area (Å²) >= 11 is 0. The van der Waals surface area contributed by atoms with E-state index in [1.165, 1.54) is 0 Å². The fourth-order valence-corrected chi connectivity index (χ4v) is 2.11. The summed E-state index contributed by atoms with van der Waals surface area (Å²) in [6, 6.07) is 16.3. The summed E-state index contributed by atoms with van der Waals surface area (Å²) in [6.45, 7) is 1.90. The van der Waals surface area contributed by atoms with Gasteiger partial charge in [0, 0.05) is 29.6 Å². The highest BCUT2D eigenvalue weighted by Gasteiger charge is 2.09. The minimum atomic E-state index is -0.172. The van der Waals surface area contributed by atoms with Gasteiger partial charge in [-0.05, 0) is 55.8 Å². The molecule has 0 saturated heterocycles. The second-order valence-corrected chi connectivity index (χ2v) is 5.28. The number of carbonyl (C=O) groups excluding carboxylic acids is 1. The van der Waals surface area contributed by atoms with Crippen LogP contribution < -0.4 is 10.6 Å². The average molecular weight is 309 g/mol. The molecule has 0 aliphatic rings. The second-order valence-electron chi connectivity index (χ2n) is 5.28. The summed E-state index contributed by atoms with van der Waals surface area (Å²) in [7, 11) is 0. The molecule has 5 heteroatoms. The van der Waals surface area contributed by atoms with Gasteiger partial charge in [-0.1, -0.05) is 6.07 Å². The lowest BCUT2D eigenvalue weighted by molar-refractivity contribution is 0.0934. The van der Waals surface area contributed by atoms with Crippen LogP contribution in [0.25, 0.3) is 0 Å². The van der Waals surface area contributed by atoms with Crippen molar-refractivity contribution < 1.29 is 9.90 Å². The van der Waals surface area contributed by atoms with Crippen molar-refractivity contribution in [1.82, 2.24) is 5.32 Å². The Morgan fingerprint density at radius 1 is 1.22 bits per heavy atom. The van der Waals surface area contributed by atoms with Gasteiger partial charge < -0.3 is 15.7 Å². The van der Waals surface area contributed by atoms with E-state index in [0.717, 1.165) is 11.4 Å². The van der Waals surface area contributed by atoms with Crippen molar-refractivity contribution in [2.45, 2.75) is 19.4 Å². The molecule has 0 fully saturated rings. The lowest BCUT2D eigenvalue weighted by atomic mass is 10.1. The number of hydrogen-bond acceptors (Lipinski definition) is 4. The van der Waals surface area contributed by atoms with E-state index in [2.05, 4.69) is 16.7 Å². The minimum absolute atomic E-state index is 0.0434. The van der Waals surface area contributed by atoms with Gasteiger partial charge in [-0.2, -0.15) is 5.26 Å². The third-order valence-electron chi connectivity index (χ3n) is 3.37. The van der Waals surface area contributed by atoms with Crippen LogP contribution in [0.2, 0.25) is 0 Å². The molecule has 3 N–H and O–H groups in total. The number of amides is 1. The average Bonchev–Trinajstić information content (AvgIpc) is 2.56. The van der Waals surface area contributed by atoms with Crippen molar-refractivity contribution in [2.75, 3.05) is 11.9 Å². The normalized spacial score (nSPS) is 11.3. The van der Waals surface area contributed by atoms with E-state index >= 15 is 0 Å². The van der Waals surface area contributed by atoms with Crippen LogP contribution in [0.4, 0.5) is 11.4 Å². The van der Waals surface area contributed by atoms with Crippen LogP contribution in [-0.4, -0.2) is 23.7 Å². The Hall–Kier alpha value is -2.84. The number of carbonyl (C=O) groups is 1. The summed E-state index contributed by atoms with van der Waals surface area (Å²) in [6.07, 6.45) is 0.523. The highest BCUT2D eigenvalue weighted by atomic mass is 16.3. The molecule has 0 spiro atoms. The van der Waals surface area contributed by atoms with E-state index in [-0.39, 0.29) is 18.6 Å². The zero-order valence-electron chi connectivity index (χ0n) is 12.9. The molecule has 0 radical (unpaired) electrons. The zero-order valence-corrected chi connectivity index (χ0v) is 12.9. The van der Waals surface area contributed by atoms with E-state index in [4.69, 9.17) is 10.4 Å². The highest BCUT2D eigenvalue weighted by Crippen LogP contribution is 2.18. The standard InChI is InChI=1S/C18H19N3O2/c1-13(9-10-22)20-18(23)15-3-2-4-17(11-15)21-16-7-5-14(12-19)6-8-16/h2-8,11,13,21-22H,9-10H2,1H3,(H,20,23). The van der Waals surface area contributed by atoms with Crippen LogP contribution in [-0.2, 0) is 0 Å². The van der Waals surface area contributed by atoms with Crippen LogP contribution in [0.3, 0.4) is 0 Å². The number of rotatable bonds is 6.